The molecule has 3 heteroatoms. The lowest BCUT2D eigenvalue weighted by atomic mass is 9.87. The molecule has 2 aliphatic carbocycles. The summed E-state index contributed by atoms with van der Waals surface area (Å²) in [7, 11) is 0. The van der Waals surface area contributed by atoms with Crippen LogP contribution in [0.1, 0.15) is 101 Å². The van der Waals surface area contributed by atoms with E-state index < -0.39 is 0 Å². The minimum atomic E-state index is 0.624. The molecule has 2 saturated carbocycles. The minimum absolute atomic E-state index is 0.624. The molecule has 0 unspecified atom stereocenters. The number of rotatable bonds is 4. The Morgan fingerprint density at radius 1 is 0.952 bits per heavy atom. The zero-order valence-electron chi connectivity index (χ0n) is 13.6. The third kappa shape index (κ3) is 3.12. The van der Waals surface area contributed by atoms with E-state index in [0.29, 0.717) is 11.8 Å². The van der Waals surface area contributed by atoms with E-state index in [4.69, 9.17) is 10.7 Å². The molecule has 2 aliphatic rings. The van der Waals surface area contributed by atoms with Crippen LogP contribution in [-0.2, 0) is 6.54 Å². The summed E-state index contributed by atoms with van der Waals surface area (Å²) in [6.07, 6.45) is 14.6. The number of anilines is 1. The van der Waals surface area contributed by atoms with Crippen molar-refractivity contribution in [3.63, 3.8) is 0 Å². The van der Waals surface area contributed by atoms with Crippen molar-refractivity contribution >= 4 is 5.82 Å². The van der Waals surface area contributed by atoms with E-state index >= 15 is 0 Å². The fourth-order valence-corrected chi connectivity index (χ4v) is 4.31. The number of imidazole rings is 1. The normalized spacial score (nSPS) is 21.8. The Balaban J connectivity index is 1.89. The van der Waals surface area contributed by atoms with Crippen LogP contribution in [0, 0.1) is 0 Å². The quantitative estimate of drug-likeness (QED) is 0.850. The van der Waals surface area contributed by atoms with Gasteiger partial charge in [0, 0.05) is 18.4 Å². The van der Waals surface area contributed by atoms with Crippen LogP contribution in [0.3, 0.4) is 0 Å². The van der Waals surface area contributed by atoms with Gasteiger partial charge >= 0.3 is 0 Å². The second kappa shape index (κ2) is 6.85. The van der Waals surface area contributed by atoms with E-state index in [-0.39, 0.29) is 0 Å². The Hall–Kier alpha value is -0.990. The lowest BCUT2D eigenvalue weighted by Crippen LogP contribution is -2.13. The summed E-state index contributed by atoms with van der Waals surface area (Å²) < 4.78 is 2.36. The van der Waals surface area contributed by atoms with Crippen molar-refractivity contribution in [1.82, 2.24) is 9.55 Å². The van der Waals surface area contributed by atoms with Crippen LogP contribution in [0.5, 0.6) is 0 Å². The van der Waals surface area contributed by atoms with Crippen LogP contribution in [-0.4, -0.2) is 9.55 Å². The number of aromatic nitrogens is 2. The standard InChI is InChI=1S/C18H31N3/c1-2-13-21-17(19)16(14-9-5-3-6-10-14)20-18(21)15-11-7-4-8-12-15/h14-15H,2-13,19H2,1H3. The molecule has 1 aromatic rings. The molecule has 1 heterocycles. The largest absolute Gasteiger partial charge is 0.384 e. The summed E-state index contributed by atoms with van der Waals surface area (Å²) in [5.41, 5.74) is 7.77. The number of hydrogen-bond acceptors (Lipinski definition) is 2. The molecule has 118 valence electrons. The third-order valence-corrected chi connectivity index (χ3v) is 5.47. The first-order chi connectivity index (χ1) is 10.3. The zero-order chi connectivity index (χ0) is 14.7. The average Bonchev–Trinajstić information content (AvgIpc) is 2.87. The monoisotopic (exact) mass is 289 g/mol. The van der Waals surface area contributed by atoms with Gasteiger partial charge in [-0.1, -0.05) is 45.4 Å². The second-order valence-corrected chi connectivity index (χ2v) is 7.06. The van der Waals surface area contributed by atoms with Gasteiger partial charge in [-0.05, 0) is 32.1 Å². The van der Waals surface area contributed by atoms with Crippen LogP contribution in [0.25, 0.3) is 0 Å². The smallest absolute Gasteiger partial charge is 0.127 e. The van der Waals surface area contributed by atoms with E-state index in [2.05, 4.69) is 11.5 Å². The average molecular weight is 289 g/mol. The molecule has 0 amide bonds. The first-order valence-corrected chi connectivity index (χ1v) is 9.17. The van der Waals surface area contributed by atoms with Gasteiger partial charge < -0.3 is 10.3 Å². The number of nitrogens with two attached hydrogens (primary N) is 1. The molecule has 0 aromatic carbocycles. The van der Waals surface area contributed by atoms with Gasteiger partial charge in [0.1, 0.15) is 11.6 Å². The highest BCUT2D eigenvalue weighted by Gasteiger charge is 2.27. The maximum absolute atomic E-state index is 6.53. The highest BCUT2D eigenvalue weighted by Crippen LogP contribution is 2.39. The van der Waals surface area contributed by atoms with Crippen LogP contribution in [0.4, 0.5) is 5.82 Å². The van der Waals surface area contributed by atoms with Crippen molar-refractivity contribution < 1.29 is 0 Å². The molecule has 2 N–H and O–H groups in total. The molecule has 3 rings (SSSR count). The zero-order valence-corrected chi connectivity index (χ0v) is 13.6. The Bertz CT molecular complexity index is 451. The van der Waals surface area contributed by atoms with Gasteiger partial charge in [0.25, 0.3) is 0 Å². The summed E-state index contributed by atoms with van der Waals surface area (Å²) >= 11 is 0. The summed E-state index contributed by atoms with van der Waals surface area (Å²) in [6.45, 7) is 3.28. The third-order valence-electron chi connectivity index (χ3n) is 5.47. The second-order valence-electron chi connectivity index (χ2n) is 7.06. The lowest BCUT2D eigenvalue weighted by molar-refractivity contribution is 0.412. The summed E-state index contributed by atoms with van der Waals surface area (Å²) in [6, 6.07) is 0. The predicted molar refractivity (Wildman–Crippen MR) is 88.6 cm³/mol. The van der Waals surface area contributed by atoms with E-state index in [1.165, 1.54) is 75.7 Å². The molecule has 0 bridgehead atoms. The Morgan fingerprint density at radius 3 is 2.10 bits per heavy atom. The molecule has 0 atom stereocenters. The van der Waals surface area contributed by atoms with Crippen LogP contribution in [0.2, 0.25) is 0 Å². The molecule has 0 aliphatic heterocycles. The van der Waals surface area contributed by atoms with E-state index in [1.807, 2.05) is 0 Å². The van der Waals surface area contributed by atoms with Gasteiger partial charge in [-0.15, -0.1) is 0 Å². The summed E-state index contributed by atoms with van der Waals surface area (Å²) in [5, 5.41) is 0. The summed E-state index contributed by atoms with van der Waals surface area (Å²) in [5.74, 6) is 3.59. The lowest BCUT2D eigenvalue weighted by Gasteiger charge is -2.22. The van der Waals surface area contributed by atoms with E-state index in [9.17, 15) is 0 Å². The highest BCUT2D eigenvalue weighted by atomic mass is 15.1. The van der Waals surface area contributed by atoms with Crippen molar-refractivity contribution in [3.8, 4) is 0 Å². The Morgan fingerprint density at radius 2 is 1.52 bits per heavy atom. The fraction of sp³-hybridized carbons (Fsp3) is 0.833. The number of nitrogens with zero attached hydrogens (tertiary/aromatic N) is 2. The molecule has 2 fully saturated rings. The van der Waals surface area contributed by atoms with Crippen molar-refractivity contribution in [2.75, 3.05) is 5.73 Å². The fourth-order valence-electron chi connectivity index (χ4n) is 4.31. The molecular weight excluding hydrogens is 258 g/mol. The molecule has 21 heavy (non-hydrogen) atoms. The molecule has 1 aromatic heterocycles. The predicted octanol–water partition coefficient (Wildman–Crippen LogP) is 4.97. The van der Waals surface area contributed by atoms with Gasteiger partial charge in [-0.2, -0.15) is 0 Å². The highest BCUT2D eigenvalue weighted by molar-refractivity contribution is 5.41. The maximum Gasteiger partial charge on any atom is 0.127 e. The molecule has 3 nitrogen and oxygen atoms in total. The van der Waals surface area contributed by atoms with Crippen LogP contribution >= 0.6 is 0 Å². The first kappa shape index (κ1) is 14.9. The molecule has 0 radical (unpaired) electrons. The number of nitrogen functional groups attached to an aromatic ring is 1. The van der Waals surface area contributed by atoms with Crippen LogP contribution in [0.15, 0.2) is 0 Å². The van der Waals surface area contributed by atoms with Gasteiger partial charge in [-0.25, -0.2) is 4.98 Å². The topological polar surface area (TPSA) is 43.8 Å². The van der Waals surface area contributed by atoms with Crippen molar-refractivity contribution in [2.24, 2.45) is 0 Å². The van der Waals surface area contributed by atoms with Crippen molar-refractivity contribution in [3.05, 3.63) is 11.5 Å². The molecular formula is C18H31N3. The molecule has 0 spiro atoms. The first-order valence-electron chi connectivity index (χ1n) is 9.17. The van der Waals surface area contributed by atoms with E-state index in [1.54, 1.807) is 0 Å². The van der Waals surface area contributed by atoms with Crippen molar-refractivity contribution in [1.29, 1.82) is 0 Å². The van der Waals surface area contributed by atoms with Gasteiger partial charge in [0.05, 0.1) is 5.69 Å². The Kier molecular flexibility index (Phi) is 4.87. The minimum Gasteiger partial charge on any atom is -0.384 e. The Labute approximate surface area is 129 Å². The molecule has 0 saturated heterocycles. The summed E-state index contributed by atoms with van der Waals surface area (Å²) in [4.78, 5) is 5.11. The van der Waals surface area contributed by atoms with Crippen molar-refractivity contribution in [2.45, 2.75) is 95.9 Å². The van der Waals surface area contributed by atoms with Gasteiger partial charge in [-0.3, -0.25) is 0 Å². The van der Waals surface area contributed by atoms with Crippen LogP contribution < -0.4 is 5.73 Å². The maximum atomic E-state index is 6.53. The van der Waals surface area contributed by atoms with Gasteiger partial charge in [0.2, 0.25) is 0 Å². The SMILES string of the molecule is CCCn1c(C2CCCCC2)nc(C2CCCCC2)c1N. The van der Waals surface area contributed by atoms with E-state index in [0.717, 1.165) is 18.8 Å². The van der Waals surface area contributed by atoms with Gasteiger partial charge in [0.15, 0.2) is 0 Å². The number of hydrogen-bond donors (Lipinski definition) is 1.